The molecule has 3 rings (SSSR count). The molecule has 1 fully saturated rings. The number of piperidine rings is 1. The first kappa shape index (κ1) is 22.8. The molecule has 1 unspecified atom stereocenters. The molecule has 0 radical (unpaired) electrons. The van der Waals surface area contributed by atoms with Crippen LogP contribution in [0.25, 0.3) is 0 Å². The molecule has 1 aliphatic rings. The summed E-state index contributed by atoms with van der Waals surface area (Å²) in [5.41, 5.74) is 1.01. The number of benzene rings is 1. The maximum atomic E-state index is 13.2. The SMILES string of the molecule is CC1CCN(c2nc(C(F)(F)F)ccc2CCC(=O)C(C)c2cccc(C#N)c2)CC1. The number of nitriles is 1. The minimum Gasteiger partial charge on any atom is -0.356 e. The van der Waals surface area contributed by atoms with Crippen molar-refractivity contribution in [3.05, 3.63) is 58.8 Å². The third kappa shape index (κ3) is 5.63. The Morgan fingerprint density at radius 1 is 1.26 bits per heavy atom. The van der Waals surface area contributed by atoms with Gasteiger partial charge in [-0.3, -0.25) is 4.79 Å². The molecule has 0 saturated carbocycles. The molecular weight excluding hydrogens is 403 g/mol. The van der Waals surface area contributed by atoms with Gasteiger partial charge in [0, 0.05) is 25.4 Å². The first-order valence-corrected chi connectivity index (χ1v) is 10.5. The number of nitrogens with zero attached hydrogens (tertiary/aromatic N) is 3. The highest BCUT2D eigenvalue weighted by atomic mass is 19.4. The molecule has 1 saturated heterocycles. The van der Waals surface area contributed by atoms with Gasteiger partial charge in [0.1, 0.15) is 17.3 Å². The van der Waals surface area contributed by atoms with Crippen molar-refractivity contribution in [2.45, 2.75) is 51.6 Å². The predicted molar refractivity (Wildman–Crippen MR) is 113 cm³/mol. The topological polar surface area (TPSA) is 57.0 Å². The van der Waals surface area contributed by atoms with Crippen LogP contribution < -0.4 is 4.90 Å². The van der Waals surface area contributed by atoms with Crippen molar-refractivity contribution in [1.82, 2.24) is 4.98 Å². The number of anilines is 1. The van der Waals surface area contributed by atoms with Crippen molar-refractivity contribution in [3.8, 4) is 6.07 Å². The lowest BCUT2D eigenvalue weighted by Gasteiger charge is -2.33. The van der Waals surface area contributed by atoms with Crippen molar-refractivity contribution in [1.29, 1.82) is 5.26 Å². The summed E-state index contributed by atoms with van der Waals surface area (Å²) in [7, 11) is 0. The number of hydrogen-bond donors (Lipinski definition) is 0. The summed E-state index contributed by atoms with van der Waals surface area (Å²) in [6.07, 6.45) is -2.17. The van der Waals surface area contributed by atoms with Crippen LogP contribution in [0.3, 0.4) is 0 Å². The smallest absolute Gasteiger partial charge is 0.356 e. The number of aryl methyl sites for hydroxylation is 1. The fourth-order valence-corrected chi connectivity index (χ4v) is 3.86. The van der Waals surface area contributed by atoms with E-state index in [1.54, 1.807) is 25.1 Å². The quantitative estimate of drug-likeness (QED) is 0.607. The largest absolute Gasteiger partial charge is 0.433 e. The summed E-state index contributed by atoms with van der Waals surface area (Å²) in [4.78, 5) is 18.6. The summed E-state index contributed by atoms with van der Waals surface area (Å²) >= 11 is 0. The Bertz CT molecular complexity index is 973. The van der Waals surface area contributed by atoms with Gasteiger partial charge in [0.05, 0.1) is 11.6 Å². The lowest BCUT2D eigenvalue weighted by atomic mass is 9.92. The average Bonchev–Trinajstić information content (AvgIpc) is 2.76. The number of alkyl halides is 3. The Hall–Kier alpha value is -2.88. The van der Waals surface area contributed by atoms with E-state index in [2.05, 4.69) is 18.0 Å². The average molecular weight is 429 g/mol. The second-order valence-corrected chi connectivity index (χ2v) is 8.27. The molecule has 2 aromatic rings. The van der Waals surface area contributed by atoms with Gasteiger partial charge in [-0.05, 0) is 54.5 Å². The summed E-state index contributed by atoms with van der Waals surface area (Å²) in [6, 6.07) is 11.4. The van der Waals surface area contributed by atoms with Crippen LogP contribution >= 0.6 is 0 Å². The molecule has 31 heavy (non-hydrogen) atoms. The molecule has 1 aromatic heterocycles. The van der Waals surface area contributed by atoms with E-state index in [9.17, 15) is 18.0 Å². The lowest BCUT2D eigenvalue weighted by molar-refractivity contribution is -0.141. The number of carbonyl (C=O) groups excluding carboxylic acids is 1. The molecular formula is C24H26F3N3O. The Balaban J connectivity index is 1.78. The maximum absolute atomic E-state index is 13.2. The van der Waals surface area contributed by atoms with Crippen molar-refractivity contribution >= 4 is 11.6 Å². The zero-order valence-corrected chi connectivity index (χ0v) is 17.7. The molecule has 1 atom stereocenters. The molecule has 2 heterocycles. The number of pyridine rings is 1. The summed E-state index contributed by atoms with van der Waals surface area (Å²) in [6.45, 7) is 5.25. The monoisotopic (exact) mass is 429 g/mol. The molecule has 7 heteroatoms. The Kier molecular flexibility index (Phi) is 6.99. The number of ketones is 1. The number of Topliss-reactive ketones (excluding diaryl/α,β-unsaturated/α-hetero) is 1. The molecule has 0 bridgehead atoms. The molecule has 0 aliphatic carbocycles. The van der Waals surface area contributed by atoms with Gasteiger partial charge in [0.25, 0.3) is 0 Å². The van der Waals surface area contributed by atoms with Crippen molar-refractivity contribution in [3.63, 3.8) is 0 Å². The van der Waals surface area contributed by atoms with E-state index in [0.29, 0.717) is 42.4 Å². The molecule has 0 amide bonds. The summed E-state index contributed by atoms with van der Waals surface area (Å²) in [5, 5.41) is 9.06. The van der Waals surface area contributed by atoms with Gasteiger partial charge >= 0.3 is 6.18 Å². The normalized spacial score (nSPS) is 16.1. The third-order valence-electron chi connectivity index (χ3n) is 5.97. The van der Waals surface area contributed by atoms with Gasteiger partial charge in [0.2, 0.25) is 0 Å². The number of carbonyl (C=O) groups is 1. The molecule has 1 aliphatic heterocycles. The molecule has 0 N–H and O–H groups in total. The third-order valence-corrected chi connectivity index (χ3v) is 5.97. The van der Waals surface area contributed by atoms with E-state index >= 15 is 0 Å². The minimum absolute atomic E-state index is 0.0202. The molecule has 0 spiro atoms. The zero-order valence-electron chi connectivity index (χ0n) is 17.7. The first-order chi connectivity index (χ1) is 14.7. The van der Waals surface area contributed by atoms with Crippen LogP contribution in [-0.2, 0) is 17.4 Å². The van der Waals surface area contributed by atoms with E-state index in [4.69, 9.17) is 5.26 Å². The van der Waals surface area contributed by atoms with Gasteiger partial charge in [-0.2, -0.15) is 18.4 Å². The van der Waals surface area contributed by atoms with Gasteiger partial charge < -0.3 is 4.90 Å². The highest BCUT2D eigenvalue weighted by Gasteiger charge is 2.34. The Labute approximate surface area is 180 Å². The Morgan fingerprint density at radius 3 is 2.61 bits per heavy atom. The zero-order chi connectivity index (χ0) is 22.6. The minimum atomic E-state index is -4.51. The van der Waals surface area contributed by atoms with Crippen molar-refractivity contribution in [2.75, 3.05) is 18.0 Å². The summed E-state index contributed by atoms with van der Waals surface area (Å²) < 4.78 is 39.7. The fraction of sp³-hybridized carbons (Fsp3) is 0.458. The lowest BCUT2D eigenvalue weighted by Crippen LogP contribution is -2.34. The molecule has 164 valence electrons. The predicted octanol–water partition coefficient (Wildman–Crippen LogP) is 5.51. The van der Waals surface area contributed by atoms with E-state index < -0.39 is 17.8 Å². The number of halogens is 3. The van der Waals surface area contributed by atoms with Gasteiger partial charge in [-0.1, -0.05) is 32.0 Å². The number of hydrogen-bond acceptors (Lipinski definition) is 4. The van der Waals surface area contributed by atoms with E-state index in [0.717, 1.165) is 24.5 Å². The number of aromatic nitrogens is 1. The van der Waals surface area contributed by atoms with Crippen LogP contribution in [0.4, 0.5) is 19.0 Å². The van der Waals surface area contributed by atoms with Crippen LogP contribution in [0.1, 0.15) is 61.4 Å². The highest BCUT2D eigenvalue weighted by molar-refractivity contribution is 5.85. The van der Waals surface area contributed by atoms with Gasteiger partial charge in [-0.15, -0.1) is 0 Å². The molecule has 1 aromatic carbocycles. The van der Waals surface area contributed by atoms with E-state index in [-0.39, 0.29) is 12.2 Å². The van der Waals surface area contributed by atoms with E-state index in [1.165, 1.54) is 6.07 Å². The van der Waals surface area contributed by atoms with Crippen LogP contribution in [-0.4, -0.2) is 23.9 Å². The highest BCUT2D eigenvalue weighted by Crippen LogP contribution is 2.33. The first-order valence-electron chi connectivity index (χ1n) is 10.5. The second kappa shape index (κ2) is 9.51. The summed E-state index contributed by atoms with van der Waals surface area (Å²) in [5.74, 6) is 0.467. The maximum Gasteiger partial charge on any atom is 0.433 e. The van der Waals surface area contributed by atoms with Gasteiger partial charge in [-0.25, -0.2) is 4.98 Å². The van der Waals surface area contributed by atoms with Crippen molar-refractivity contribution in [2.24, 2.45) is 5.92 Å². The van der Waals surface area contributed by atoms with Crippen LogP contribution in [0, 0.1) is 17.2 Å². The van der Waals surface area contributed by atoms with Crippen molar-refractivity contribution < 1.29 is 18.0 Å². The van der Waals surface area contributed by atoms with Crippen LogP contribution in [0.15, 0.2) is 36.4 Å². The molecule has 4 nitrogen and oxygen atoms in total. The Morgan fingerprint density at radius 2 is 1.97 bits per heavy atom. The fourth-order valence-electron chi connectivity index (χ4n) is 3.86. The van der Waals surface area contributed by atoms with E-state index in [1.807, 2.05) is 11.0 Å². The standard InChI is InChI=1S/C24H26F3N3O/c1-16-10-12-30(13-11-16)23-19(7-9-22(29-23)24(25,26)27)6-8-21(31)17(2)20-5-3-4-18(14-20)15-28/h3-5,7,9,14,16-17H,6,8,10-13H2,1-2H3. The second-order valence-electron chi connectivity index (χ2n) is 8.27. The number of rotatable bonds is 6. The van der Waals surface area contributed by atoms with Gasteiger partial charge in [0.15, 0.2) is 0 Å². The van der Waals surface area contributed by atoms with Crippen LogP contribution in [0.5, 0.6) is 0 Å². The van der Waals surface area contributed by atoms with Crippen LogP contribution in [0.2, 0.25) is 0 Å².